The molecule has 0 aliphatic rings. The van der Waals surface area contributed by atoms with Crippen LogP contribution in [0.25, 0.3) is 0 Å². The Hall–Kier alpha value is -1.83. The monoisotopic (exact) mass is 398 g/mol. The highest BCUT2D eigenvalue weighted by Gasteiger charge is 2.42. The highest BCUT2D eigenvalue weighted by atomic mass is 16.6. The maximum Gasteiger partial charge on any atom is 0.338 e. The summed E-state index contributed by atoms with van der Waals surface area (Å²) in [4.78, 5) is 33.0. The largest absolute Gasteiger partial charge is 0.481 e. The van der Waals surface area contributed by atoms with Crippen molar-refractivity contribution in [3.05, 3.63) is 0 Å². The minimum absolute atomic E-state index is 0.0684. The summed E-state index contributed by atoms with van der Waals surface area (Å²) in [5, 5.41) is 74.2. The van der Waals surface area contributed by atoms with E-state index in [0.717, 1.165) is 0 Å². The van der Waals surface area contributed by atoms with Gasteiger partial charge in [0.15, 0.2) is 18.0 Å². The van der Waals surface area contributed by atoms with Crippen LogP contribution in [0.2, 0.25) is 0 Å². The Balaban J connectivity index is 4.93. The van der Waals surface area contributed by atoms with E-state index in [9.17, 15) is 29.7 Å². The van der Waals surface area contributed by atoms with Crippen LogP contribution in [0.15, 0.2) is 0 Å². The van der Waals surface area contributed by atoms with E-state index < -0.39 is 67.4 Å². The van der Waals surface area contributed by atoms with Crippen molar-refractivity contribution < 1.29 is 60.0 Å². The highest BCUT2D eigenvalue weighted by Crippen LogP contribution is 2.23. The summed E-state index contributed by atoms with van der Waals surface area (Å²) in [7, 11) is 0. The average Bonchev–Trinajstić information content (AvgIpc) is 2.56. The van der Waals surface area contributed by atoms with Crippen molar-refractivity contribution >= 4 is 17.9 Å². The third-order valence-corrected chi connectivity index (χ3v) is 3.87. The Morgan fingerprint density at radius 1 is 0.963 bits per heavy atom. The van der Waals surface area contributed by atoms with Gasteiger partial charge < -0.3 is 45.6 Å². The molecule has 0 aromatic carbocycles. The van der Waals surface area contributed by atoms with Crippen molar-refractivity contribution in [3.63, 3.8) is 0 Å². The third kappa shape index (κ3) is 9.08. The molecule has 0 aromatic heterocycles. The minimum Gasteiger partial charge on any atom is -0.481 e. The molecule has 158 valence electrons. The number of ether oxygens (including phenoxy) is 1. The number of aliphatic hydroxyl groups is 5. The molecule has 0 saturated carbocycles. The Bertz CT molecular complexity index is 495. The van der Waals surface area contributed by atoms with Crippen LogP contribution in [-0.2, 0) is 19.1 Å². The molecule has 0 aromatic rings. The van der Waals surface area contributed by atoms with E-state index in [2.05, 4.69) is 4.74 Å². The zero-order chi connectivity index (χ0) is 21.2. The number of unbranched alkanes of at least 4 members (excludes halogenated alkanes) is 1. The minimum atomic E-state index is -2.76. The third-order valence-electron chi connectivity index (χ3n) is 3.87. The quantitative estimate of drug-likeness (QED) is 0.107. The summed E-state index contributed by atoms with van der Waals surface area (Å²) < 4.78 is 4.64. The van der Waals surface area contributed by atoms with Crippen LogP contribution in [0.5, 0.6) is 0 Å². The Kier molecular flexibility index (Phi) is 11.0. The summed E-state index contributed by atoms with van der Waals surface area (Å²) in [6.45, 7) is -1.27. The summed E-state index contributed by atoms with van der Waals surface area (Å²) in [6, 6.07) is 0. The number of carboxylic acid groups (broad SMARTS) is 3. The summed E-state index contributed by atoms with van der Waals surface area (Å²) in [6.07, 6.45) is -6.95. The van der Waals surface area contributed by atoms with Crippen LogP contribution >= 0.6 is 0 Å². The van der Waals surface area contributed by atoms with Gasteiger partial charge in [0.25, 0.3) is 0 Å². The van der Waals surface area contributed by atoms with E-state index in [0.29, 0.717) is 0 Å². The molecule has 0 rings (SSSR count). The Morgan fingerprint density at radius 2 is 1.56 bits per heavy atom. The van der Waals surface area contributed by atoms with Gasteiger partial charge in [-0.3, -0.25) is 4.79 Å². The molecule has 12 heteroatoms. The second kappa shape index (κ2) is 11.8. The van der Waals surface area contributed by atoms with E-state index in [-0.39, 0.29) is 25.9 Å². The zero-order valence-electron chi connectivity index (χ0n) is 14.5. The lowest BCUT2D eigenvalue weighted by Gasteiger charge is -2.29. The number of carboxylic acids is 3. The Morgan fingerprint density at radius 3 is 2.00 bits per heavy atom. The molecule has 0 radical (unpaired) electrons. The van der Waals surface area contributed by atoms with Crippen LogP contribution < -0.4 is 0 Å². The molecule has 12 nitrogen and oxygen atoms in total. The van der Waals surface area contributed by atoms with Gasteiger partial charge in [0, 0.05) is 19.4 Å². The van der Waals surface area contributed by atoms with E-state index in [1.54, 1.807) is 0 Å². The van der Waals surface area contributed by atoms with Crippen molar-refractivity contribution in [1.29, 1.82) is 0 Å². The van der Waals surface area contributed by atoms with Gasteiger partial charge in [-0.05, 0) is 12.8 Å². The fourth-order valence-electron chi connectivity index (χ4n) is 2.25. The van der Waals surface area contributed by atoms with Crippen molar-refractivity contribution in [2.24, 2.45) is 5.92 Å². The molecule has 0 fully saturated rings. The second-order valence-electron chi connectivity index (χ2n) is 6.13. The summed E-state index contributed by atoms with van der Waals surface area (Å²) >= 11 is 0. The average molecular weight is 398 g/mol. The molecule has 0 amide bonds. The molecule has 27 heavy (non-hydrogen) atoms. The van der Waals surface area contributed by atoms with Crippen molar-refractivity contribution in [1.82, 2.24) is 0 Å². The number of carbonyl (C=O) groups is 3. The lowest BCUT2D eigenvalue weighted by molar-refractivity contribution is -0.194. The van der Waals surface area contributed by atoms with Gasteiger partial charge in [-0.15, -0.1) is 0 Å². The van der Waals surface area contributed by atoms with Crippen molar-refractivity contribution in [3.8, 4) is 0 Å². The predicted octanol–water partition coefficient (Wildman–Crippen LogP) is -2.41. The lowest BCUT2D eigenvalue weighted by Crippen LogP contribution is -2.49. The molecule has 0 spiro atoms. The standard InChI is InChI=1S/C15H26O12/c16-4-2-1-3-8(12(20)21)10(18)6-15(26,14(24)25)7-27-11(19)5-9(17)13(22)23/h8-11,16-19,26H,1-7H2,(H,20,21)(H,22,23)(H,24,25). The van der Waals surface area contributed by atoms with Gasteiger partial charge >= 0.3 is 17.9 Å². The summed E-state index contributed by atoms with van der Waals surface area (Å²) in [5.74, 6) is -6.32. The molecule has 0 saturated heterocycles. The maximum absolute atomic E-state index is 11.3. The van der Waals surface area contributed by atoms with Gasteiger partial charge in [-0.1, -0.05) is 6.42 Å². The molecule has 0 aliphatic carbocycles. The van der Waals surface area contributed by atoms with Gasteiger partial charge in [0.2, 0.25) is 0 Å². The molecule has 0 aliphatic heterocycles. The topological polar surface area (TPSA) is 222 Å². The second-order valence-corrected chi connectivity index (χ2v) is 6.13. The summed E-state index contributed by atoms with van der Waals surface area (Å²) in [5.41, 5.74) is -2.76. The van der Waals surface area contributed by atoms with E-state index in [1.165, 1.54) is 0 Å². The number of hydrogen-bond donors (Lipinski definition) is 8. The van der Waals surface area contributed by atoms with E-state index in [1.807, 2.05) is 0 Å². The molecular weight excluding hydrogens is 372 g/mol. The first kappa shape index (κ1) is 25.2. The SMILES string of the molecule is O=C(O)C(O)CC(O)OCC(O)(CC(O)C(CCCCO)C(=O)O)C(=O)O. The van der Waals surface area contributed by atoms with Crippen LogP contribution in [0.1, 0.15) is 32.1 Å². The van der Waals surface area contributed by atoms with Crippen molar-refractivity contribution in [2.45, 2.75) is 56.2 Å². The van der Waals surface area contributed by atoms with Crippen LogP contribution in [0.4, 0.5) is 0 Å². The number of aliphatic carboxylic acids is 3. The fourth-order valence-corrected chi connectivity index (χ4v) is 2.25. The van der Waals surface area contributed by atoms with E-state index >= 15 is 0 Å². The zero-order valence-corrected chi connectivity index (χ0v) is 14.5. The van der Waals surface area contributed by atoms with Gasteiger partial charge in [-0.2, -0.15) is 0 Å². The number of rotatable bonds is 15. The fraction of sp³-hybridized carbons (Fsp3) is 0.800. The van der Waals surface area contributed by atoms with Gasteiger partial charge in [0.1, 0.15) is 0 Å². The van der Waals surface area contributed by atoms with Crippen LogP contribution in [0, 0.1) is 5.92 Å². The number of aliphatic hydroxyl groups excluding tert-OH is 4. The van der Waals surface area contributed by atoms with Gasteiger partial charge in [-0.25, -0.2) is 9.59 Å². The predicted molar refractivity (Wildman–Crippen MR) is 85.5 cm³/mol. The Labute approximate surface area is 154 Å². The smallest absolute Gasteiger partial charge is 0.338 e. The number of hydrogen-bond acceptors (Lipinski definition) is 9. The molecule has 0 bridgehead atoms. The van der Waals surface area contributed by atoms with E-state index in [4.69, 9.17) is 25.5 Å². The van der Waals surface area contributed by atoms with Gasteiger partial charge in [0.05, 0.1) is 18.6 Å². The van der Waals surface area contributed by atoms with Crippen LogP contribution in [0.3, 0.4) is 0 Å². The molecule has 8 N–H and O–H groups in total. The van der Waals surface area contributed by atoms with Crippen LogP contribution in [-0.4, -0.2) is 96.1 Å². The lowest BCUT2D eigenvalue weighted by atomic mass is 9.87. The normalized spacial score (nSPS) is 18.1. The molecular formula is C15H26O12. The first-order valence-electron chi connectivity index (χ1n) is 8.12. The molecule has 0 heterocycles. The van der Waals surface area contributed by atoms with Crippen molar-refractivity contribution in [2.75, 3.05) is 13.2 Å². The molecule has 5 atom stereocenters. The highest BCUT2D eigenvalue weighted by molar-refractivity contribution is 5.77. The molecule has 5 unspecified atom stereocenters. The first-order chi connectivity index (χ1) is 12.4. The first-order valence-corrected chi connectivity index (χ1v) is 8.12. The maximum atomic E-state index is 11.3.